The van der Waals surface area contributed by atoms with Gasteiger partial charge in [0.25, 0.3) is 5.91 Å². The first-order valence-electron chi connectivity index (χ1n) is 13.6. The number of nitrogens with two attached hydrogens (primary N) is 1. The number of aliphatic hydroxyl groups excluding tert-OH is 2. The Morgan fingerprint density at radius 3 is 2.31 bits per heavy atom. The van der Waals surface area contributed by atoms with Crippen LogP contribution in [0.15, 0.2) is 23.0 Å². The van der Waals surface area contributed by atoms with Crippen LogP contribution in [-0.2, 0) is 27.3 Å². The molecule has 0 radical (unpaired) electrons. The molecule has 6 atom stereocenters. The molecule has 39 heavy (non-hydrogen) atoms. The van der Waals surface area contributed by atoms with Crippen LogP contribution in [0, 0.1) is 29.6 Å². The second-order valence-corrected chi connectivity index (χ2v) is 12.4. The maximum absolute atomic E-state index is 14.0. The second-order valence-electron chi connectivity index (χ2n) is 12.4. The Kier molecular flexibility index (Phi) is 5.86. The molecule has 6 rings (SSSR count). The summed E-state index contributed by atoms with van der Waals surface area (Å²) in [4.78, 5) is 45.5. The summed E-state index contributed by atoms with van der Waals surface area (Å²) in [6.45, 7) is 2.53. The third kappa shape index (κ3) is 3.79. The number of phenolic OH excluding ortho intramolecular Hbond substituents is 1. The minimum absolute atomic E-state index is 0.0361. The van der Waals surface area contributed by atoms with E-state index in [4.69, 9.17) is 5.73 Å². The summed E-state index contributed by atoms with van der Waals surface area (Å²) < 4.78 is 0. The van der Waals surface area contributed by atoms with E-state index in [0.29, 0.717) is 24.9 Å². The van der Waals surface area contributed by atoms with Crippen LogP contribution in [0.3, 0.4) is 0 Å². The standard InChI is InChI=1S/C29H36N4O6/c1-31(2)18-8-15(11-33-9-13-5-14(13)10-33)24(34)20-16(18)6-12-7-17-21(26(36)19(12)25(20)35)27(37)22(29(30)39)28(38)23(17)32(3)4/h8,12-14,17,21,23,34-35,38H,5-7,9-11H2,1-4H3,(H2,30,39)/t12-,13?,14?,17+,21?,23-/m0/s1. The van der Waals surface area contributed by atoms with Crippen molar-refractivity contribution in [2.24, 2.45) is 35.3 Å². The van der Waals surface area contributed by atoms with Crippen LogP contribution in [0.25, 0.3) is 5.76 Å². The first kappa shape index (κ1) is 25.9. The number of anilines is 1. The summed E-state index contributed by atoms with van der Waals surface area (Å²) in [5, 5.41) is 34.0. The fourth-order valence-electron chi connectivity index (χ4n) is 7.75. The highest BCUT2D eigenvalue weighted by Crippen LogP contribution is 2.53. The van der Waals surface area contributed by atoms with Crippen LogP contribution < -0.4 is 10.6 Å². The predicted molar refractivity (Wildman–Crippen MR) is 144 cm³/mol. The van der Waals surface area contributed by atoms with E-state index in [2.05, 4.69) is 4.90 Å². The molecule has 1 aliphatic heterocycles. The lowest BCUT2D eigenvalue weighted by Gasteiger charge is -2.46. The molecule has 0 spiro atoms. The predicted octanol–water partition coefficient (Wildman–Crippen LogP) is 1.37. The van der Waals surface area contributed by atoms with E-state index >= 15 is 0 Å². The largest absolute Gasteiger partial charge is 0.510 e. The molecule has 208 valence electrons. The first-order valence-corrected chi connectivity index (χ1v) is 13.6. The lowest BCUT2D eigenvalue weighted by Crippen LogP contribution is -2.55. The summed E-state index contributed by atoms with van der Waals surface area (Å²) >= 11 is 0. The average Bonchev–Trinajstić information content (AvgIpc) is 3.44. The molecule has 1 aromatic rings. The number of piperidine rings is 1. The Labute approximate surface area is 227 Å². The van der Waals surface area contributed by atoms with Gasteiger partial charge in [0.05, 0.1) is 17.5 Å². The molecule has 0 aromatic heterocycles. The van der Waals surface area contributed by atoms with Gasteiger partial charge in [-0.1, -0.05) is 0 Å². The van der Waals surface area contributed by atoms with Crippen molar-refractivity contribution in [1.29, 1.82) is 0 Å². The van der Waals surface area contributed by atoms with Crippen LogP contribution in [0.5, 0.6) is 5.75 Å². The summed E-state index contributed by atoms with van der Waals surface area (Å²) in [6.07, 6.45) is 2.00. The Bertz CT molecular complexity index is 1370. The molecular weight excluding hydrogens is 500 g/mol. The number of hydrogen-bond donors (Lipinski definition) is 4. The highest BCUT2D eigenvalue weighted by Gasteiger charge is 2.56. The number of carbonyl (C=O) groups excluding carboxylic acids is 3. The summed E-state index contributed by atoms with van der Waals surface area (Å²) in [5.41, 5.74) is 7.57. The highest BCUT2D eigenvalue weighted by atomic mass is 16.3. The third-order valence-corrected chi connectivity index (χ3v) is 9.55. The monoisotopic (exact) mass is 536 g/mol. The molecule has 1 aromatic carbocycles. The van der Waals surface area contributed by atoms with Gasteiger partial charge in [-0.2, -0.15) is 0 Å². The van der Waals surface area contributed by atoms with E-state index in [1.807, 2.05) is 25.1 Å². The van der Waals surface area contributed by atoms with E-state index in [1.54, 1.807) is 19.0 Å². The SMILES string of the molecule is CN(C)c1cc(CN2CC3CC3C2)c(O)c2c1C[C@H]1C[C@@H]3C(C(=O)C(C(N)=O)=C(O)[C@H]3N(C)C)C(=O)C1=C2O. The van der Waals surface area contributed by atoms with Gasteiger partial charge in [0.1, 0.15) is 22.8 Å². The number of rotatable bonds is 5. The zero-order valence-electron chi connectivity index (χ0n) is 22.8. The number of amides is 1. The van der Waals surface area contributed by atoms with Crippen molar-refractivity contribution >= 4 is 28.9 Å². The first-order chi connectivity index (χ1) is 18.4. The molecule has 5 aliphatic rings. The van der Waals surface area contributed by atoms with E-state index in [-0.39, 0.29) is 22.6 Å². The summed E-state index contributed by atoms with van der Waals surface area (Å²) in [7, 11) is 7.25. The number of Topliss-reactive ketones (excluding diaryl/α,β-unsaturated/α-hetero) is 2. The number of allylic oxidation sites excluding steroid dienone is 1. The number of likely N-dealkylation sites (tertiary alicyclic amines) is 1. The van der Waals surface area contributed by atoms with E-state index in [9.17, 15) is 29.7 Å². The Balaban J connectivity index is 1.46. The van der Waals surface area contributed by atoms with Gasteiger partial charge in [-0.3, -0.25) is 24.2 Å². The zero-order chi connectivity index (χ0) is 28.1. The van der Waals surface area contributed by atoms with Crippen LogP contribution in [0.2, 0.25) is 0 Å². The minimum atomic E-state index is -1.25. The van der Waals surface area contributed by atoms with Crippen molar-refractivity contribution in [2.75, 3.05) is 46.2 Å². The Morgan fingerprint density at radius 2 is 1.72 bits per heavy atom. The summed E-state index contributed by atoms with van der Waals surface area (Å²) in [5.74, 6) is -3.99. The van der Waals surface area contributed by atoms with Crippen molar-refractivity contribution in [2.45, 2.75) is 31.8 Å². The molecular formula is C29H36N4O6. The zero-order valence-corrected chi connectivity index (χ0v) is 22.8. The number of ketones is 2. The second kappa shape index (κ2) is 8.82. The normalized spacial score (nSPS) is 31.7. The number of likely N-dealkylation sites (N-methyl/N-ethyl adjacent to an activating group) is 1. The van der Waals surface area contributed by atoms with Gasteiger partial charge in [-0.05, 0) is 68.7 Å². The Hall–Kier alpha value is -3.37. The van der Waals surface area contributed by atoms with Gasteiger partial charge in [-0.15, -0.1) is 0 Å². The molecule has 10 heteroatoms. The van der Waals surface area contributed by atoms with Crippen LogP contribution in [0.4, 0.5) is 5.69 Å². The maximum atomic E-state index is 14.0. The van der Waals surface area contributed by atoms with E-state index in [1.165, 1.54) is 6.42 Å². The van der Waals surface area contributed by atoms with Gasteiger partial charge in [0.2, 0.25) is 0 Å². The quantitative estimate of drug-likeness (QED) is 0.323. The summed E-state index contributed by atoms with van der Waals surface area (Å²) in [6, 6.07) is 1.23. The number of primary amides is 1. The highest BCUT2D eigenvalue weighted by molar-refractivity contribution is 6.28. The van der Waals surface area contributed by atoms with Crippen LogP contribution >= 0.6 is 0 Å². The van der Waals surface area contributed by atoms with Gasteiger partial charge in [0.15, 0.2) is 11.6 Å². The van der Waals surface area contributed by atoms with Gasteiger partial charge < -0.3 is 26.0 Å². The molecule has 10 nitrogen and oxygen atoms in total. The minimum Gasteiger partial charge on any atom is -0.510 e. The maximum Gasteiger partial charge on any atom is 0.255 e. The average molecular weight is 537 g/mol. The fraction of sp³-hybridized carbons (Fsp3) is 0.552. The van der Waals surface area contributed by atoms with Crippen molar-refractivity contribution in [3.8, 4) is 5.75 Å². The van der Waals surface area contributed by atoms with Crippen LogP contribution in [0.1, 0.15) is 29.5 Å². The third-order valence-electron chi connectivity index (χ3n) is 9.55. The molecule has 0 bridgehead atoms. The number of fused-ring (bicyclic) bond motifs is 4. The van der Waals surface area contributed by atoms with Crippen molar-refractivity contribution in [1.82, 2.24) is 9.80 Å². The lowest BCUT2D eigenvalue weighted by molar-refractivity contribution is -0.136. The fourth-order valence-corrected chi connectivity index (χ4v) is 7.75. The van der Waals surface area contributed by atoms with E-state index < -0.39 is 52.6 Å². The van der Waals surface area contributed by atoms with Crippen molar-refractivity contribution in [3.63, 3.8) is 0 Å². The molecule has 4 aliphatic carbocycles. The molecule has 5 N–H and O–H groups in total. The van der Waals surface area contributed by atoms with Crippen LogP contribution in [-0.4, -0.2) is 89.9 Å². The number of nitrogens with zero attached hydrogens (tertiary/aromatic N) is 3. The van der Waals surface area contributed by atoms with Gasteiger partial charge in [-0.25, -0.2) is 0 Å². The molecule has 3 fully saturated rings. The lowest BCUT2D eigenvalue weighted by atomic mass is 9.59. The smallest absolute Gasteiger partial charge is 0.255 e. The molecule has 1 amide bonds. The topological polar surface area (TPSA) is 148 Å². The molecule has 3 unspecified atom stereocenters. The van der Waals surface area contributed by atoms with Crippen molar-refractivity contribution < 1.29 is 29.7 Å². The Morgan fingerprint density at radius 1 is 1.05 bits per heavy atom. The van der Waals surface area contributed by atoms with E-state index in [0.717, 1.165) is 36.2 Å². The number of phenols is 1. The molecule has 1 heterocycles. The number of benzene rings is 1. The van der Waals surface area contributed by atoms with Gasteiger partial charge >= 0.3 is 0 Å². The number of hydrogen-bond acceptors (Lipinski definition) is 9. The molecule has 1 saturated heterocycles. The van der Waals surface area contributed by atoms with Crippen molar-refractivity contribution in [3.05, 3.63) is 39.7 Å². The number of carbonyl (C=O) groups is 3. The number of aromatic hydroxyl groups is 1. The number of aliphatic hydroxyl groups is 2. The van der Waals surface area contributed by atoms with Gasteiger partial charge in [0, 0.05) is 50.6 Å². The molecule has 2 saturated carbocycles.